The highest BCUT2D eigenvalue weighted by atomic mass is 35.5. The number of aromatic nitrogens is 2. The normalized spacial score (nSPS) is 14.9. The van der Waals surface area contributed by atoms with E-state index in [0.717, 1.165) is 24.0 Å². The molecule has 0 atom stereocenters. The summed E-state index contributed by atoms with van der Waals surface area (Å²) in [4.78, 5) is 20.0. The van der Waals surface area contributed by atoms with E-state index in [1.165, 1.54) is 0 Å². The molecule has 2 heterocycles. The Bertz CT molecular complexity index is 693. The van der Waals surface area contributed by atoms with Gasteiger partial charge in [0.1, 0.15) is 0 Å². The average molecular weight is 366 g/mol. The lowest BCUT2D eigenvalue weighted by Gasteiger charge is -2.32. The number of rotatable bonds is 3. The molecular formula is C17H24ClN5O2. The lowest BCUT2D eigenvalue weighted by atomic mass is 9.97. The molecule has 0 aliphatic carbocycles. The first-order chi connectivity index (χ1) is 11.6. The van der Waals surface area contributed by atoms with Crippen LogP contribution in [0.15, 0.2) is 28.8 Å². The van der Waals surface area contributed by atoms with Crippen molar-refractivity contribution in [2.45, 2.75) is 25.3 Å². The molecule has 1 aliphatic rings. The molecule has 0 radical (unpaired) electrons. The van der Waals surface area contributed by atoms with Crippen molar-refractivity contribution < 1.29 is 9.32 Å². The minimum Gasteiger partial charge on any atom is -0.339 e. The Morgan fingerprint density at radius 1 is 1.28 bits per heavy atom. The third-order valence-corrected chi connectivity index (χ3v) is 4.39. The van der Waals surface area contributed by atoms with Gasteiger partial charge in [-0.3, -0.25) is 0 Å². The van der Waals surface area contributed by atoms with Crippen LogP contribution in [0.5, 0.6) is 0 Å². The van der Waals surface area contributed by atoms with Crippen LogP contribution < -0.4 is 5.73 Å². The predicted octanol–water partition coefficient (Wildman–Crippen LogP) is 2.48. The van der Waals surface area contributed by atoms with E-state index in [1.807, 2.05) is 29.2 Å². The first-order valence-corrected chi connectivity index (χ1v) is 8.17. The van der Waals surface area contributed by atoms with Crippen LogP contribution in [-0.4, -0.2) is 53.2 Å². The Hall–Kier alpha value is -2.12. The van der Waals surface area contributed by atoms with Gasteiger partial charge < -0.3 is 20.1 Å². The van der Waals surface area contributed by atoms with Gasteiger partial charge >= 0.3 is 6.03 Å². The maximum Gasteiger partial charge on any atom is 0.319 e. The van der Waals surface area contributed by atoms with Gasteiger partial charge in [-0.1, -0.05) is 29.4 Å². The summed E-state index contributed by atoms with van der Waals surface area (Å²) in [6, 6.07) is 7.90. The number of carbonyl (C=O) groups excluding carboxylic acids is 1. The molecule has 1 aromatic carbocycles. The van der Waals surface area contributed by atoms with Gasteiger partial charge in [-0.2, -0.15) is 4.98 Å². The molecule has 0 unspecified atom stereocenters. The van der Waals surface area contributed by atoms with Crippen molar-refractivity contribution in [2.75, 3.05) is 27.2 Å². The Kier molecular flexibility index (Phi) is 6.39. The average Bonchev–Trinajstić information content (AvgIpc) is 3.11. The van der Waals surface area contributed by atoms with Crippen LogP contribution in [0.25, 0.3) is 11.4 Å². The summed E-state index contributed by atoms with van der Waals surface area (Å²) < 4.78 is 5.46. The van der Waals surface area contributed by atoms with Crippen molar-refractivity contribution in [3.8, 4) is 11.4 Å². The zero-order valence-electron chi connectivity index (χ0n) is 14.5. The van der Waals surface area contributed by atoms with Crippen LogP contribution in [0.4, 0.5) is 4.79 Å². The molecular weight excluding hydrogens is 342 g/mol. The summed E-state index contributed by atoms with van der Waals surface area (Å²) in [7, 11) is 3.54. The van der Waals surface area contributed by atoms with E-state index < -0.39 is 0 Å². The molecule has 7 nitrogen and oxygen atoms in total. The highest BCUT2D eigenvalue weighted by Gasteiger charge is 2.28. The van der Waals surface area contributed by atoms with Crippen molar-refractivity contribution in [1.82, 2.24) is 19.9 Å². The SMILES string of the molecule is CN(C)C(=O)N1CCC(c2nc(-c3ccc(CN)cc3)no2)CC1.Cl. The first kappa shape index (κ1) is 19.2. The summed E-state index contributed by atoms with van der Waals surface area (Å²) in [6.07, 6.45) is 1.68. The van der Waals surface area contributed by atoms with Crippen LogP contribution in [0, 0.1) is 0 Å². The summed E-state index contributed by atoms with van der Waals surface area (Å²) >= 11 is 0. The number of nitrogens with two attached hydrogens (primary N) is 1. The van der Waals surface area contributed by atoms with Gasteiger partial charge in [0.05, 0.1) is 0 Å². The number of amides is 2. The summed E-state index contributed by atoms with van der Waals surface area (Å²) in [5, 5.41) is 4.09. The largest absolute Gasteiger partial charge is 0.339 e. The lowest BCUT2D eigenvalue weighted by molar-refractivity contribution is 0.152. The first-order valence-electron chi connectivity index (χ1n) is 8.17. The predicted molar refractivity (Wildman–Crippen MR) is 97.5 cm³/mol. The molecule has 8 heteroatoms. The van der Waals surface area contributed by atoms with Gasteiger partial charge in [-0.25, -0.2) is 4.79 Å². The fourth-order valence-corrected chi connectivity index (χ4v) is 2.91. The summed E-state index contributed by atoms with van der Waals surface area (Å²) in [5.74, 6) is 1.46. The number of hydrogen-bond acceptors (Lipinski definition) is 5. The molecule has 1 saturated heterocycles. The summed E-state index contributed by atoms with van der Waals surface area (Å²) in [5.41, 5.74) is 7.60. The number of benzene rings is 1. The van der Waals surface area contributed by atoms with E-state index in [9.17, 15) is 4.79 Å². The van der Waals surface area contributed by atoms with Gasteiger partial charge in [-0.05, 0) is 18.4 Å². The number of urea groups is 1. The van der Waals surface area contributed by atoms with Gasteiger partial charge in [-0.15, -0.1) is 12.4 Å². The van der Waals surface area contributed by atoms with Crippen LogP contribution in [0.3, 0.4) is 0 Å². The minimum absolute atomic E-state index is 0. The Labute approximate surface area is 153 Å². The molecule has 2 amide bonds. The number of halogens is 1. The second-order valence-electron chi connectivity index (χ2n) is 6.30. The molecule has 0 spiro atoms. The molecule has 0 bridgehead atoms. The van der Waals surface area contributed by atoms with Gasteiger partial charge in [0.25, 0.3) is 0 Å². The van der Waals surface area contributed by atoms with Crippen molar-refractivity contribution in [3.05, 3.63) is 35.7 Å². The van der Waals surface area contributed by atoms with E-state index in [2.05, 4.69) is 10.1 Å². The fourth-order valence-electron chi connectivity index (χ4n) is 2.91. The van der Waals surface area contributed by atoms with E-state index >= 15 is 0 Å². The molecule has 2 N–H and O–H groups in total. The van der Waals surface area contributed by atoms with E-state index in [0.29, 0.717) is 31.3 Å². The minimum atomic E-state index is 0. The molecule has 1 aromatic heterocycles. The second-order valence-corrected chi connectivity index (χ2v) is 6.30. The number of likely N-dealkylation sites (tertiary alicyclic amines) is 1. The van der Waals surface area contributed by atoms with Crippen molar-refractivity contribution >= 4 is 18.4 Å². The van der Waals surface area contributed by atoms with E-state index in [1.54, 1.807) is 19.0 Å². The molecule has 0 saturated carbocycles. The van der Waals surface area contributed by atoms with Crippen LogP contribution in [-0.2, 0) is 6.54 Å². The highest BCUT2D eigenvalue weighted by molar-refractivity contribution is 5.85. The number of hydrogen-bond donors (Lipinski definition) is 1. The topological polar surface area (TPSA) is 88.5 Å². The number of nitrogens with zero attached hydrogens (tertiary/aromatic N) is 4. The van der Waals surface area contributed by atoms with E-state index in [-0.39, 0.29) is 24.4 Å². The van der Waals surface area contributed by atoms with Crippen molar-refractivity contribution in [3.63, 3.8) is 0 Å². The van der Waals surface area contributed by atoms with E-state index in [4.69, 9.17) is 10.3 Å². The van der Waals surface area contributed by atoms with Crippen LogP contribution in [0.1, 0.15) is 30.2 Å². The van der Waals surface area contributed by atoms with Gasteiger partial charge in [0.15, 0.2) is 0 Å². The Balaban J connectivity index is 0.00000225. The Morgan fingerprint density at radius 2 is 1.92 bits per heavy atom. The second kappa shape index (κ2) is 8.31. The molecule has 1 aliphatic heterocycles. The maximum absolute atomic E-state index is 12.0. The summed E-state index contributed by atoms with van der Waals surface area (Å²) in [6.45, 7) is 1.94. The number of piperidine rings is 1. The fraction of sp³-hybridized carbons (Fsp3) is 0.471. The lowest BCUT2D eigenvalue weighted by Crippen LogP contribution is -2.43. The van der Waals surface area contributed by atoms with Crippen LogP contribution >= 0.6 is 12.4 Å². The maximum atomic E-state index is 12.0. The van der Waals surface area contributed by atoms with Crippen LogP contribution in [0.2, 0.25) is 0 Å². The number of carbonyl (C=O) groups is 1. The third-order valence-electron chi connectivity index (χ3n) is 4.39. The molecule has 136 valence electrons. The molecule has 2 aromatic rings. The molecule has 1 fully saturated rings. The highest BCUT2D eigenvalue weighted by Crippen LogP contribution is 2.28. The van der Waals surface area contributed by atoms with Gasteiger partial charge in [0, 0.05) is 45.2 Å². The third kappa shape index (κ3) is 4.29. The van der Waals surface area contributed by atoms with Gasteiger partial charge in [0.2, 0.25) is 11.7 Å². The Morgan fingerprint density at radius 3 is 2.48 bits per heavy atom. The monoisotopic (exact) mass is 365 g/mol. The van der Waals surface area contributed by atoms with Crippen molar-refractivity contribution in [2.24, 2.45) is 5.73 Å². The molecule has 3 rings (SSSR count). The zero-order valence-corrected chi connectivity index (χ0v) is 15.3. The van der Waals surface area contributed by atoms with Crippen molar-refractivity contribution in [1.29, 1.82) is 0 Å². The zero-order chi connectivity index (χ0) is 17.1. The molecule has 25 heavy (non-hydrogen) atoms. The smallest absolute Gasteiger partial charge is 0.319 e. The standard InChI is InChI=1S/C17H23N5O2.ClH/c1-21(2)17(23)22-9-7-14(8-10-22)16-19-15(20-24-16)13-5-3-12(11-18)4-6-13;/h3-6,14H,7-11,18H2,1-2H3;1H. The quantitative estimate of drug-likeness (QED) is 0.902.